The van der Waals surface area contributed by atoms with Gasteiger partial charge < -0.3 is 0 Å². The molecule has 0 aliphatic heterocycles. The molecule has 1 aliphatic rings. The smallest absolute Gasteiger partial charge is 0.0388 e. The van der Waals surface area contributed by atoms with Gasteiger partial charge in [0.2, 0.25) is 0 Å². The van der Waals surface area contributed by atoms with Gasteiger partial charge in [-0.15, -0.1) is 0 Å². The summed E-state index contributed by atoms with van der Waals surface area (Å²) in [6.45, 7) is 7.14. The van der Waals surface area contributed by atoms with Gasteiger partial charge in [0.25, 0.3) is 0 Å². The van der Waals surface area contributed by atoms with Gasteiger partial charge in [-0.2, -0.15) is 0 Å². The van der Waals surface area contributed by atoms with Crippen LogP contribution in [0.2, 0.25) is 0 Å². The van der Waals surface area contributed by atoms with Crippen LogP contribution in [0.4, 0.5) is 0 Å². The van der Waals surface area contributed by atoms with E-state index in [1.807, 2.05) is 0 Å². The van der Waals surface area contributed by atoms with Gasteiger partial charge >= 0.3 is 0 Å². The fourth-order valence-corrected chi connectivity index (χ4v) is 2.48. The molecule has 1 saturated carbocycles. The Hall–Kier alpha value is 0. The van der Waals surface area contributed by atoms with E-state index in [0.29, 0.717) is 0 Å². The molecule has 12 heavy (non-hydrogen) atoms. The molecule has 0 aromatic heterocycles. The van der Waals surface area contributed by atoms with E-state index in [0.717, 1.165) is 17.8 Å². The minimum absolute atomic E-state index is 0.914. The summed E-state index contributed by atoms with van der Waals surface area (Å²) < 4.78 is 0. The summed E-state index contributed by atoms with van der Waals surface area (Å²) in [5.74, 6) is 2.98. The van der Waals surface area contributed by atoms with Crippen molar-refractivity contribution in [2.24, 2.45) is 17.8 Å². The van der Waals surface area contributed by atoms with E-state index < -0.39 is 0 Å². The zero-order valence-corrected chi connectivity index (χ0v) is 8.97. The summed E-state index contributed by atoms with van der Waals surface area (Å²) in [5, 5.41) is 0. The first-order valence-corrected chi connectivity index (χ1v) is 5.74. The van der Waals surface area contributed by atoms with E-state index in [2.05, 4.69) is 20.8 Å². The fourth-order valence-electron chi connectivity index (χ4n) is 2.48. The van der Waals surface area contributed by atoms with Gasteiger partial charge in [-0.1, -0.05) is 52.9 Å². The summed E-state index contributed by atoms with van der Waals surface area (Å²) in [6, 6.07) is 0. The minimum atomic E-state index is 0.914. The normalized spacial score (nSPS) is 32.0. The molecule has 0 heterocycles. The van der Waals surface area contributed by atoms with Crippen molar-refractivity contribution in [3.05, 3.63) is 0 Å². The SMILES string of the molecule is CCC1CCCCC(C(C)C)C1. The largest absolute Gasteiger partial charge is 0.0651 e. The maximum Gasteiger partial charge on any atom is -0.0388 e. The van der Waals surface area contributed by atoms with Crippen molar-refractivity contribution in [1.29, 1.82) is 0 Å². The third kappa shape index (κ3) is 2.80. The van der Waals surface area contributed by atoms with Crippen LogP contribution in [0.15, 0.2) is 0 Å². The van der Waals surface area contributed by atoms with Gasteiger partial charge in [-0.05, 0) is 24.2 Å². The second-order valence-corrected chi connectivity index (χ2v) is 4.80. The van der Waals surface area contributed by atoms with Crippen molar-refractivity contribution in [1.82, 2.24) is 0 Å². The molecule has 1 rings (SSSR count). The Bertz CT molecular complexity index is 115. The van der Waals surface area contributed by atoms with Gasteiger partial charge in [0, 0.05) is 0 Å². The molecule has 1 fully saturated rings. The van der Waals surface area contributed by atoms with Crippen molar-refractivity contribution in [2.45, 2.75) is 59.3 Å². The molecule has 2 atom stereocenters. The van der Waals surface area contributed by atoms with Crippen molar-refractivity contribution in [3.8, 4) is 0 Å². The Balaban J connectivity index is 2.42. The fraction of sp³-hybridized carbons (Fsp3) is 1.00. The van der Waals surface area contributed by atoms with Crippen LogP contribution >= 0.6 is 0 Å². The number of rotatable bonds is 2. The molecule has 0 amide bonds. The molecule has 2 unspecified atom stereocenters. The van der Waals surface area contributed by atoms with E-state index in [1.54, 1.807) is 0 Å². The highest BCUT2D eigenvalue weighted by molar-refractivity contribution is 4.72. The van der Waals surface area contributed by atoms with Gasteiger partial charge in [-0.3, -0.25) is 0 Å². The van der Waals surface area contributed by atoms with E-state index >= 15 is 0 Å². The van der Waals surface area contributed by atoms with Crippen LogP contribution in [0.1, 0.15) is 59.3 Å². The zero-order valence-electron chi connectivity index (χ0n) is 8.97. The van der Waals surface area contributed by atoms with Crippen LogP contribution in [0, 0.1) is 17.8 Å². The van der Waals surface area contributed by atoms with E-state index in [4.69, 9.17) is 0 Å². The molecular formula is C12H24. The van der Waals surface area contributed by atoms with E-state index in [9.17, 15) is 0 Å². The van der Waals surface area contributed by atoms with Crippen molar-refractivity contribution in [2.75, 3.05) is 0 Å². The molecule has 0 bridgehead atoms. The molecule has 0 saturated heterocycles. The molecular weight excluding hydrogens is 144 g/mol. The predicted molar refractivity (Wildman–Crippen MR) is 55.2 cm³/mol. The van der Waals surface area contributed by atoms with Crippen LogP contribution < -0.4 is 0 Å². The molecule has 0 heteroatoms. The molecule has 1 aliphatic carbocycles. The lowest BCUT2D eigenvalue weighted by molar-refractivity contribution is 0.294. The third-order valence-corrected chi connectivity index (χ3v) is 3.59. The molecule has 0 spiro atoms. The first kappa shape index (κ1) is 10.1. The summed E-state index contributed by atoms with van der Waals surface area (Å²) in [5.41, 5.74) is 0. The average Bonchev–Trinajstić information content (AvgIpc) is 2.28. The topological polar surface area (TPSA) is 0 Å². The summed E-state index contributed by atoms with van der Waals surface area (Å²) in [4.78, 5) is 0. The average molecular weight is 168 g/mol. The summed E-state index contributed by atoms with van der Waals surface area (Å²) >= 11 is 0. The second-order valence-electron chi connectivity index (χ2n) is 4.80. The molecule has 0 radical (unpaired) electrons. The second kappa shape index (κ2) is 4.89. The van der Waals surface area contributed by atoms with Crippen LogP contribution in [0.5, 0.6) is 0 Å². The van der Waals surface area contributed by atoms with Crippen LogP contribution in [-0.4, -0.2) is 0 Å². The third-order valence-electron chi connectivity index (χ3n) is 3.59. The standard InChI is InChI=1S/C12H24/c1-4-11-7-5-6-8-12(9-11)10(2)3/h10-12H,4-9H2,1-3H3. The molecule has 0 nitrogen and oxygen atoms in total. The van der Waals surface area contributed by atoms with Gasteiger partial charge in [0.1, 0.15) is 0 Å². The van der Waals surface area contributed by atoms with E-state index in [1.165, 1.54) is 38.5 Å². The van der Waals surface area contributed by atoms with Gasteiger partial charge in [0.05, 0.1) is 0 Å². The molecule has 0 aromatic carbocycles. The maximum absolute atomic E-state index is 2.39. The van der Waals surface area contributed by atoms with Crippen molar-refractivity contribution in [3.63, 3.8) is 0 Å². The quantitative estimate of drug-likeness (QED) is 0.541. The minimum Gasteiger partial charge on any atom is -0.0651 e. The lowest BCUT2D eigenvalue weighted by Crippen LogP contribution is -2.11. The van der Waals surface area contributed by atoms with Crippen molar-refractivity contribution < 1.29 is 0 Å². The molecule has 0 aromatic rings. The Labute approximate surface area is 77.7 Å². The lowest BCUT2D eigenvalue weighted by atomic mass is 9.84. The van der Waals surface area contributed by atoms with Gasteiger partial charge in [-0.25, -0.2) is 0 Å². The van der Waals surface area contributed by atoms with Crippen molar-refractivity contribution >= 4 is 0 Å². The summed E-state index contributed by atoms with van der Waals surface area (Å²) in [7, 11) is 0. The maximum atomic E-state index is 2.39. The Morgan fingerprint density at radius 3 is 2.42 bits per heavy atom. The Morgan fingerprint density at radius 2 is 1.83 bits per heavy atom. The molecule has 0 N–H and O–H groups in total. The Kier molecular flexibility index (Phi) is 4.11. The predicted octanol–water partition coefficient (Wildman–Crippen LogP) is 4.25. The van der Waals surface area contributed by atoms with E-state index in [-0.39, 0.29) is 0 Å². The molecule has 72 valence electrons. The highest BCUT2D eigenvalue weighted by Crippen LogP contribution is 2.33. The van der Waals surface area contributed by atoms with Crippen LogP contribution in [0.25, 0.3) is 0 Å². The highest BCUT2D eigenvalue weighted by atomic mass is 14.3. The lowest BCUT2D eigenvalue weighted by Gasteiger charge is -2.21. The number of hydrogen-bond acceptors (Lipinski definition) is 0. The zero-order chi connectivity index (χ0) is 8.97. The van der Waals surface area contributed by atoms with Crippen LogP contribution in [-0.2, 0) is 0 Å². The highest BCUT2D eigenvalue weighted by Gasteiger charge is 2.20. The van der Waals surface area contributed by atoms with Gasteiger partial charge in [0.15, 0.2) is 0 Å². The first-order chi connectivity index (χ1) is 5.74. The number of hydrogen-bond donors (Lipinski definition) is 0. The van der Waals surface area contributed by atoms with Crippen LogP contribution in [0.3, 0.4) is 0 Å². The monoisotopic (exact) mass is 168 g/mol. The first-order valence-electron chi connectivity index (χ1n) is 5.74. The summed E-state index contributed by atoms with van der Waals surface area (Å²) in [6.07, 6.45) is 8.88. The Morgan fingerprint density at radius 1 is 1.17 bits per heavy atom.